The number of hydrogen-bond donors (Lipinski definition) is 1. The minimum absolute atomic E-state index is 0.0625. The van der Waals surface area contributed by atoms with Crippen LogP contribution in [0.25, 0.3) is 16.9 Å². The average molecular weight is 577 g/mol. The van der Waals surface area contributed by atoms with Crippen molar-refractivity contribution in [3.63, 3.8) is 0 Å². The summed E-state index contributed by atoms with van der Waals surface area (Å²) in [6.07, 6.45) is -4.50. The van der Waals surface area contributed by atoms with Crippen LogP contribution in [0.15, 0.2) is 78.9 Å². The number of urea groups is 1. The van der Waals surface area contributed by atoms with Crippen LogP contribution in [0.3, 0.4) is 0 Å². The Kier molecular flexibility index (Phi) is 7.98. The van der Waals surface area contributed by atoms with E-state index in [0.29, 0.717) is 18.7 Å². The summed E-state index contributed by atoms with van der Waals surface area (Å²) in [4.78, 5) is 29.7. The summed E-state index contributed by atoms with van der Waals surface area (Å²) < 4.78 is 46.5. The van der Waals surface area contributed by atoms with Crippen molar-refractivity contribution in [3.8, 4) is 22.7 Å². The summed E-state index contributed by atoms with van der Waals surface area (Å²) >= 11 is 0. The third-order valence-corrected chi connectivity index (χ3v) is 7.45. The molecule has 0 bridgehead atoms. The maximum Gasteiger partial charge on any atom is 0.416 e. The predicted octanol–water partition coefficient (Wildman–Crippen LogP) is 6.78. The fraction of sp³-hybridized carbons (Fsp3) is 0.250. The third-order valence-electron chi connectivity index (χ3n) is 7.45. The van der Waals surface area contributed by atoms with E-state index in [4.69, 9.17) is 4.74 Å². The molecule has 42 heavy (non-hydrogen) atoms. The minimum Gasteiger partial charge on any atom is -0.497 e. The van der Waals surface area contributed by atoms with Gasteiger partial charge in [0, 0.05) is 43.2 Å². The molecule has 0 atom stereocenters. The molecule has 1 aromatic heterocycles. The van der Waals surface area contributed by atoms with Gasteiger partial charge in [-0.05, 0) is 80.1 Å². The van der Waals surface area contributed by atoms with Crippen molar-refractivity contribution in [1.29, 1.82) is 0 Å². The lowest BCUT2D eigenvalue weighted by molar-refractivity contribution is -0.137. The van der Waals surface area contributed by atoms with Crippen LogP contribution in [0.4, 0.5) is 23.7 Å². The van der Waals surface area contributed by atoms with Gasteiger partial charge in [0.2, 0.25) is 0 Å². The maximum atomic E-state index is 13.8. The van der Waals surface area contributed by atoms with Gasteiger partial charge in [-0.2, -0.15) is 13.2 Å². The van der Waals surface area contributed by atoms with Crippen molar-refractivity contribution < 1.29 is 27.5 Å². The van der Waals surface area contributed by atoms with Gasteiger partial charge >= 0.3 is 12.2 Å². The first-order valence-corrected chi connectivity index (χ1v) is 13.5. The lowest BCUT2D eigenvalue weighted by Crippen LogP contribution is -2.51. The smallest absolute Gasteiger partial charge is 0.416 e. The number of hydrogen-bond acceptors (Lipinski definition) is 3. The highest BCUT2D eigenvalue weighted by Gasteiger charge is 2.31. The first-order valence-electron chi connectivity index (χ1n) is 13.5. The molecule has 2 heterocycles. The van der Waals surface area contributed by atoms with E-state index in [1.165, 1.54) is 17.0 Å². The molecule has 0 saturated carbocycles. The summed E-state index contributed by atoms with van der Waals surface area (Å²) in [6, 6.07) is 21.7. The molecule has 1 fully saturated rings. The standard InChI is InChI=1S/C32H31F3N4O3/c1-21-7-11-26(12-8-21)39-22(2)28(20-29(39)23-9-13-27(42-3)14-10-23)30(40)37-15-17-38(18-16-37)31(41)36-25-6-4-5-24(19-25)32(33,34)35/h4-14,19-20H,15-18H2,1-3H3,(H,36,41). The molecule has 0 radical (unpaired) electrons. The van der Waals surface area contributed by atoms with Crippen molar-refractivity contribution in [1.82, 2.24) is 14.4 Å². The topological polar surface area (TPSA) is 66.8 Å². The zero-order valence-electron chi connectivity index (χ0n) is 23.5. The van der Waals surface area contributed by atoms with Crippen molar-refractivity contribution in [2.45, 2.75) is 20.0 Å². The van der Waals surface area contributed by atoms with Crippen molar-refractivity contribution in [2.75, 3.05) is 38.6 Å². The molecule has 0 unspecified atom stereocenters. The van der Waals surface area contributed by atoms with Crippen molar-refractivity contribution >= 4 is 17.6 Å². The Hall–Kier alpha value is -4.73. The summed E-state index contributed by atoms with van der Waals surface area (Å²) in [5, 5.41) is 2.54. The number of halogens is 3. The highest BCUT2D eigenvalue weighted by atomic mass is 19.4. The van der Waals surface area contributed by atoms with Gasteiger partial charge in [0.05, 0.1) is 23.9 Å². The molecule has 0 aliphatic carbocycles. The van der Waals surface area contributed by atoms with E-state index in [2.05, 4.69) is 9.88 Å². The lowest BCUT2D eigenvalue weighted by atomic mass is 10.1. The summed E-state index contributed by atoms with van der Waals surface area (Å²) in [5.74, 6) is 0.584. The molecule has 4 aromatic rings. The van der Waals surface area contributed by atoms with Crippen LogP contribution in [0.5, 0.6) is 5.75 Å². The number of ether oxygens (including phenoxy) is 1. The zero-order valence-corrected chi connectivity index (χ0v) is 23.5. The number of anilines is 1. The predicted molar refractivity (Wildman–Crippen MR) is 155 cm³/mol. The molecule has 3 aromatic carbocycles. The number of carbonyl (C=O) groups is 2. The van der Waals surface area contributed by atoms with Crippen LogP contribution in [-0.2, 0) is 6.18 Å². The van der Waals surface area contributed by atoms with Gasteiger partial charge in [-0.1, -0.05) is 23.8 Å². The molecular formula is C32H31F3N4O3. The van der Waals surface area contributed by atoms with Gasteiger partial charge < -0.3 is 24.4 Å². The summed E-state index contributed by atoms with van der Waals surface area (Å²) in [6.45, 7) is 5.02. The summed E-state index contributed by atoms with van der Waals surface area (Å²) in [7, 11) is 1.61. The fourth-order valence-corrected chi connectivity index (χ4v) is 5.08. The molecule has 1 saturated heterocycles. The Morgan fingerprint density at radius 3 is 2.10 bits per heavy atom. The number of carbonyl (C=O) groups excluding carboxylic acids is 2. The van der Waals surface area contributed by atoms with Crippen molar-refractivity contribution in [3.05, 3.63) is 101 Å². The number of benzene rings is 3. The second-order valence-electron chi connectivity index (χ2n) is 10.2. The molecule has 5 rings (SSSR count). The highest BCUT2D eigenvalue weighted by molar-refractivity contribution is 5.98. The molecule has 3 amide bonds. The molecule has 1 aliphatic heterocycles. The lowest BCUT2D eigenvalue weighted by Gasteiger charge is -2.34. The second kappa shape index (κ2) is 11.6. The van der Waals surface area contributed by atoms with E-state index >= 15 is 0 Å². The number of amides is 3. The zero-order chi connectivity index (χ0) is 30.0. The Morgan fingerprint density at radius 2 is 1.48 bits per heavy atom. The Morgan fingerprint density at radius 1 is 0.833 bits per heavy atom. The number of nitrogens with zero attached hydrogens (tertiary/aromatic N) is 3. The van der Waals surface area contributed by atoms with E-state index in [1.54, 1.807) is 12.0 Å². The van der Waals surface area contributed by atoms with Crippen molar-refractivity contribution in [2.24, 2.45) is 0 Å². The number of alkyl halides is 3. The van der Waals surface area contributed by atoms with Crippen LogP contribution < -0.4 is 10.1 Å². The van der Waals surface area contributed by atoms with Crippen LogP contribution >= 0.6 is 0 Å². The minimum atomic E-state index is -4.50. The molecular weight excluding hydrogens is 545 g/mol. The number of aryl methyl sites for hydroxylation is 1. The Balaban J connectivity index is 1.34. The third kappa shape index (κ3) is 5.97. The van der Waals surface area contributed by atoms with E-state index < -0.39 is 17.8 Å². The van der Waals surface area contributed by atoms with Gasteiger partial charge in [0.15, 0.2) is 0 Å². The molecule has 1 aliphatic rings. The molecule has 1 N–H and O–H groups in total. The number of rotatable bonds is 5. The highest BCUT2D eigenvalue weighted by Crippen LogP contribution is 2.32. The Labute approximate surface area is 242 Å². The maximum absolute atomic E-state index is 13.8. The van der Waals surface area contributed by atoms with Gasteiger partial charge in [-0.3, -0.25) is 4.79 Å². The summed E-state index contributed by atoms with van der Waals surface area (Å²) in [5.41, 5.74) is 4.42. The van der Waals surface area contributed by atoms with Crippen LogP contribution in [0.1, 0.15) is 27.2 Å². The average Bonchev–Trinajstić information content (AvgIpc) is 3.33. The van der Waals surface area contributed by atoms with Gasteiger partial charge in [-0.25, -0.2) is 4.79 Å². The first kappa shape index (κ1) is 28.8. The van der Waals surface area contributed by atoms with Gasteiger partial charge in [-0.15, -0.1) is 0 Å². The monoisotopic (exact) mass is 576 g/mol. The van der Waals surface area contributed by atoms with E-state index in [1.807, 2.05) is 68.4 Å². The number of piperazine rings is 1. The largest absolute Gasteiger partial charge is 0.497 e. The van der Waals surface area contributed by atoms with Crippen LogP contribution in [0, 0.1) is 13.8 Å². The second-order valence-corrected chi connectivity index (χ2v) is 10.2. The molecule has 0 spiro atoms. The SMILES string of the molecule is COc1ccc(-c2cc(C(=O)N3CCN(C(=O)Nc4cccc(C(F)(F)F)c4)CC3)c(C)n2-c2ccc(C)cc2)cc1. The first-order chi connectivity index (χ1) is 20.0. The van der Waals surface area contributed by atoms with Crippen LogP contribution in [0.2, 0.25) is 0 Å². The quantitative estimate of drug-likeness (QED) is 0.285. The van der Waals surface area contributed by atoms with Gasteiger partial charge in [0.1, 0.15) is 5.75 Å². The Bertz CT molecular complexity index is 1590. The normalized spacial score (nSPS) is 13.7. The molecule has 10 heteroatoms. The fourth-order valence-electron chi connectivity index (χ4n) is 5.08. The van der Waals surface area contributed by atoms with E-state index in [0.717, 1.165) is 46.1 Å². The van der Waals surface area contributed by atoms with Gasteiger partial charge in [0.25, 0.3) is 5.91 Å². The number of methoxy groups -OCH3 is 1. The molecule has 218 valence electrons. The molecule has 7 nitrogen and oxygen atoms in total. The number of nitrogens with one attached hydrogen (secondary N) is 1. The van der Waals surface area contributed by atoms with Crippen LogP contribution in [-0.4, -0.2) is 59.6 Å². The number of aromatic nitrogens is 1. The van der Waals surface area contributed by atoms with E-state index in [-0.39, 0.29) is 24.7 Å². The van der Waals surface area contributed by atoms with E-state index in [9.17, 15) is 22.8 Å².